The molecule has 0 bridgehead atoms. The van der Waals surface area contributed by atoms with Crippen molar-refractivity contribution in [1.29, 1.82) is 0 Å². The lowest BCUT2D eigenvalue weighted by Gasteiger charge is -2.06. The molecule has 0 aliphatic rings. The van der Waals surface area contributed by atoms with E-state index in [0.717, 1.165) is 3.57 Å². The van der Waals surface area contributed by atoms with Gasteiger partial charge in [0.25, 0.3) is 0 Å². The van der Waals surface area contributed by atoms with Crippen LogP contribution in [0.15, 0.2) is 12.1 Å². The number of aryl methyl sites for hydroxylation is 1. The molecule has 0 saturated carbocycles. The van der Waals surface area contributed by atoms with E-state index in [1.807, 2.05) is 6.92 Å². The second kappa shape index (κ2) is 4.07. The Kier molecular flexibility index (Phi) is 3.31. The second-order valence-corrected chi connectivity index (χ2v) is 3.71. The van der Waals surface area contributed by atoms with Gasteiger partial charge in [-0.3, -0.25) is 0 Å². The number of halogens is 2. The van der Waals surface area contributed by atoms with E-state index in [1.54, 1.807) is 19.1 Å². The van der Waals surface area contributed by atoms with Crippen LogP contribution in [0.5, 0.6) is 5.75 Å². The first-order valence-corrected chi connectivity index (χ1v) is 4.81. The van der Waals surface area contributed by atoms with E-state index in [2.05, 4.69) is 22.6 Å². The Bertz CT molecular complexity index is 286. The van der Waals surface area contributed by atoms with Crippen molar-refractivity contribution in [2.24, 2.45) is 0 Å². The zero-order valence-electron chi connectivity index (χ0n) is 7.03. The Labute approximate surface area is 85.1 Å². The summed E-state index contributed by atoms with van der Waals surface area (Å²) in [5, 5.41) is 0. The molecule has 0 atom stereocenters. The van der Waals surface area contributed by atoms with E-state index < -0.39 is 0 Å². The number of benzene rings is 1. The van der Waals surface area contributed by atoms with Gasteiger partial charge in [0, 0.05) is 3.57 Å². The average Bonchev–Trinajstić information content (AvgIpc) is 2.00. The Hall–Kier alpha value is -0.320. The summed E-state index contributed by atoms with van der Waals surface area (Å²) in [6.45, 7) is 4.07. The Morgan fingerprint density at radius 1 is 1.50 bits per heavy atom. The van der Waals surface area contributed by atoms with Crippen molar-refractivity contribution in [2.75, 3.05) is 6.61 Å². The fourth-order valence-corrected chi connectivity index (χ4v) is 1.71. The van der Waals surface area contributed by atoms with Crippen molar-refractivity contribution >= 4 is 22.6 Å². The van der Waals surface area contributed by atoms with Crippen LogP contribution in [0.2, 0.25) is 0 Å². The van der Waals surface area contributed by atoms with Crippen LogP contribution in [0.3, 0.4) is 0 Å². The lowest BCUT2D eigenvalue weighted by molar-refractivity contribution is 0.320. The van der Waals surface area contributed by atoms with E-state index in [-0.39, 0.29) is 5.82 Å². The summed E-state index contributed by atoms with van der Waals surface area (Å²) < 4.78 is 19.4. The standard InChI is InChI=1S/C9H10FIO/c1-3-12-8-5-7(11)4-6(2)9(8)10/h4-5H,3H2,1-2H3. The Morgan fingerprint density at radius 2 is 2.17 bits per heavy atom. The van der Waals surface area contributed by atoms with Gasteiger partial charge in [0.15, 0.2) is 11.6 Å². The van der Waals surface area contributed by atoms with Gasteiger partial charge in [0.2, 0.25) is 0 Å². The Morgan fingerprint density at radius 3 is 2.75 bits per heavy atom. The minimum absolute atomic E-state index is 0.253. The highest BCUT2D eigenvalue weighted by atomic mass is 127. The number of ether oxygens (including phenoxy) is 1. The zero-order chi connectivity index (χ0) is 9.14. The van der Waals surface area contributed by atoms with E-state index in [4.69, 9.17) is 4.74 Å². The third kappa shape index (κ3) is 2.09. The second-order valence-electron chi connectivity index (χ2n) is 2.47. The van der Waals surface area contributed by atoms with Crippen molar-refractivity contribution in [3.63, 3.8) is 0 Å². The maximum absolute atomic E-state index is 13.2. The molecule has 0 heterocycles. The lowest BCUT2D eigenvalue weighted by Crippen LogP contribution is -1.96. The van der Waals surface area contributed by atoms with Gasteiger partial charge >= 0.3 is 0 Å². The normalized spacial score (nSPS) is 10.0. The largest absolute Gasteiger partial charge is 0.491 e. The van der Waals surface area contributed by atoms with Gasteiger partial charge in [0.05, 0.1) is 6.61 Å². The predicted octanol–water partition coefficient (Wildman–Crippen LogP) is 3.14. The molecule has 0 spiro atoms. The van der Waals surface area contributed by atoms with Gasteiger partial charge in [-0.05, 0) is 54.1 Å². The fraction of sp³-hybridized carbons (Fsp3) is 0.333. The smallest absolute Gasteiger partial charge is 0.168 e. The van der Waals surface area contributed by atoms with Crippen LogP contribution in [-0.4, -0.2) is 6.61 Å². The summed E-state index contributed by atoms with van der Waals surface area (Å²) >= 11 is 2.14. The van der Waals surface area contributed by atoms with Crippen molar-refractivity contribution in [3.05, 3.63) is 27.1 Å². The van der Waals surface area contributed by atoms with Crippen LogP contribution >= 0.6 is 22.6 Å². The van der Waals surface area contributed by atoms with E-state index in [9.17, 15) is 4.39 Å². The summed E-state index contributed by atoms with van der Waals surface area (Å²) in [6.07, 6.45) is 0. The first-order valence-electron chi connectivity index (χ1n) is 3.73. The highest BCUT2D eigenvalue weighted by Gasteiger charge is 2.06. The van der Waals surface area contributed by atoms with Crippen molar-refractivity contribution < 1.29 is 9.13 Å². The fourth-order valence-electron chi connectivity index (χ4n) is 0.955. The average molecular weight is 280 g/mol. The summed E-state index contributed by atoms with van der Waals surface area (Å²) in [4.78, 5) is 0. The molecule has 0 fully saturated rings. The number of hydrogen-bond acceptors (Lipinski definition) is 1. The molecule has 1 rings (SSSR count). The van der Waals surface area contributed by atoms with Crippen molar-refractivity contribution in [2.45, 2.75) is 13.8 Å². The topological polar surface area (TPSA) is 9.23 Å². The van der Waals surface area contributed by atoms with Crippen LogP contribution in [0.25, 0.3) is 0 Å². The van der Waals surface area contributed by atoms with Crippen LogP contribution in [0.4, 0.5) is 4.39 Å². The monoisotopic (exact) mass is 280 g/mol. The van der Waals surface area contributed by atoms with E-state index in [1.165, 1.54) is 0 Å². The summed E-state index contributed by atoms with van der Waals surface area (Å²) in [7, 11) is 0. The first kappa shape index (κ1) is 9.77. The minimum Gasteiger partial charge on any atom is -0.491 e. The summed E-state index contributed by atoms with van der Waals surface area (Å²) in [6, 6.07) is 3.49. The van der Waals surface area contributed by atoms with Crippen molar-refractivity contribution in [3.8, 4) is 5.75 Å². The number of hydrogen-bond donors (Lipinski definition) is 0. The highest BCUT2D eigenvalue weighted by molar-refractivity contribution is 14.1. The minimum atomic E-state index is -0.253. The van der Waals surface area contributed by atoms with Crippen LogP contribution in [0, 0.1) is 16.3 Å². The zero-order valence-corrected chi connectivity index (χ0v) is 9.18. The SMILES string of the molecule is CCOc1cc(I)cc(C)c1F. The highest BCUT2D eigenvalue weighted by Crippen LogP contribution is 2.23. The van der Waals surface area contributed by atoms with E-state index in [0.29, 0.717) is 17.9 Å². The molecule has 0 unspecified atom stereocenters. The summed E-state index contributed by atoms with van der Waals surface area (Å²) in [5.74, 6) is 0.0965. The lowest BCUT2D eigenvalue weighted by atomic mass is 10.2. The molecule has 3 heteroatoms. The van der Waals surface area contributed by atoms with Gasteiger partial charge in [-0.2, -0.15) is 0 Å². The Balaban J connectivity index is 3.09. The van der Waals surface area contributed by atoms with Gasteiger partial charge in [-0.15, -0.1) is 0 Å². The third-order valence-electron chi connectivity index (χ3n) is 1.49. The molecule has 0 N–H and O–H groups in total. The molecule has 66 valence electrons. The molecule has 1 aromatic rings. The van der Waals surface area contributed by atoms with Gasteiger partial charge < -0.3 is 4.74 Å². The first-order chi connectivity index (χ1) is 5.65. The van der Waals surface area contributed by atoms with E-state index >= 15 is 0 Å². The molecule has 0 amide bonds. The van der Waals surface area contributed by atoms with Gasteiger partial charge in [-0.25, -0.2) is 4.39 Å². The molecular weight excluding hydrogens is 270 g/mol. The molecule has 1 nitrogen and oxygen atoms in total. The molecule has 0 radical (unpaired) electrons. The van der Waals surface area contributed by atoms with Crippen LogP contribution in [0.1, 0.15) is 12.5 Å². The molecular formula is C9H10FIO. The maximum Gasteiger partial charge on any atom is 0.168 e. The molecule has 0 aromatic heterocycles. The molecule has 0 aliphatic heterocycles. The predicted molar refractivity (Wildman–Crippen MR) is 55.0 cm³/mol. The molecule has 1 aromatic carbocycles. The maximum atomic E-state index is 13.2. The molecule has 0 aliphatic carbocycles. The van der Waals surface area contributed by atoms with Gasteiger partial charge in [-0.1, -0.05) is 0 Å². The molecule has 12 heavy (non-hydrogen) atoms. The van der Waals surface area contributed by atoms with Crippen molar-refractivity contribution in [1.82, 2.24) is 0 Å². The molecule has 0 saturated heterocycles. The van der Waals surface area contributed by atoms with Gasteiger partial charge in [0.1, 0.15) is 0 Å². The summed E-state index contributed by atoms with van der Waals surface area (Å²) in [5.41, 5.74) is 0.630. The number of rotatable bonds is 2. The quantitative estimate of drug-likeness (QED) is 0.756. The third-order valence-corrected chi connectivity index (χ3v) is 2.11. The van der Waals surface area contributed by atoms with Crippen LogP contribution in [-0.2, 0) is 0 Å². The van der Waals surface area contributed by atoms with Crippen LogP contribution < -0.4 is 4.74 Å².